The Morgan fingerprint density at radius 3 is 1.10 bits per heavy atom. The van der Waals surface area contributed by atoms with Crippen molar-refractivity contribution in [3.8, 4) is 0 Å². The van der Waals surface area contributed by atoms with Crippen molar-refractivity contribution in [1.29, 1.82) is 0 Å². The van der Waals surface area contributed by atoms with Crippen LogP contribution >= 0.6 is 0 Å². The number of carbonyl (C=O) groups excluding carboxylic acids is 2. The molecule has 0 bridgehead atoms. The topological polar surface area (TPSA) is 86.2 Å². The summed E-state index contributed by atoms with van der Waals surface area (Å²) in [5.74, 6) is -0.658. The minimum atomic E-state index is -0.329. The molecule has 5 aromatic carbocycles. The molecule has 0 aliphatic rings. The van der Waals surface area contributed by atoms with Crippen LogP contribution in [-0.4, -0.2) is 11.8 Å². The van der Waals surface area contributed by atoms with Gasteiger partial charge in [0.2, 0.25) is 11.8 Å². The van der Waals surface area contributed by atoms with Gasteiger partial charge in [-0.25, -0.2) is 0 Å². The minimum Gasteiger partial charge on any atom is -0.370 e. The molecule has 30 heavy (non-hydrogen) atoms. The molecule has 0 aliphatic heterocycles. The van der Waals surface area contributed by atoms with Gasteiger partial charge >= 0.3 is 0 Å². The number of amides is 2. The molecular weight excluding hydrogens is 372 g/mol. The zero-order chi connectivity index (χ0) is 21.1. The van der Waals surface area contributed by atoms with Gasteiger partial charge in [-0.2, -0.15) is 0 Å². The molecule has 4 heteroatoms. The van der Waals surface area contributed by atoms with E-state index in [1.54, 1.807) is 0 Å². The number of primary amides is 2. The Morgan fingerprint density at radius 2 is 0.833 bits per heavy atom. The number of rotatable bonds is 5. The van der Waals surface area contributed by atoms with Crippen LogP contribution in [-0.2, 0) is 9.59 Å². The maximum Gasteiger partial charge on any atom is 0.217 e. The van der Waals surface area contributed by atoms with Crippen molar-refractivity contribution in [2.45, 2.75) is 25.7 Å². The molecule has 0 fully saturated rings. The summed E-state index contributed by atoms with van der Waals surface area (Å²) in [6.07, 6.45) is 1.98. The van der Waals surface area contributed by atoms with Gasteiger partial charge in [0.1, 0.15) is 0 Å². The van der Waals surface area contributed by atoms with Crippen molar-refractivity contribution in [3.63, 3.8) is 0 Å². The molecule has 0 aliphatic carbocycles. The van der Waals surface area contributed by atoms with E-state index in [1.807, 2.05) is 0 Å². The van der Waals surface area contributed by atoms with E-state index in [2.05, 4.69) is 72.8 Å². The van der Waals surface area contributed by atoms with Crippen molar-refractivity contribution < 1.29 is 9.59 Å². The molecule has 4 N–H and O–H groups in total. The number of nitrogens with two attached hydrogens (primary N) is 2. The number of carbonyl (C=O) groups is 2. The summed E-state index contributed by atoms with van der Waals surface area (Å²) in [5, 5.41) is 10.9. The van der Waals surface area contributed by atoms with E-state index in [9.17, 15) is 9.59 Å². The first-order valence-corrected chi connectivity index (χ1v) is 10.2. The molecule has 0 radical (unpaired) electrons. The molecule has 0 saturated carbocycles. The molecule has 0 unspecified atom stereocenters. The molecule has 5 aromatic rings. The van der Waals surface area contributed by atoms with E-state index in [0.29, 0.717) is 25.7 Å². The third kappa shape index (κ3) is 3.77. The second-order valence-electron chi connectivity index (χ2n) is 7.56. The largest absolute Gasteiger partial charge is 0.370 e. The van der Waals surface area contributed by atoms with E-state index in [4.69, 9.17) is 11.5 Å². The Bertz CT molecular complexity index is 1170. The van der Waals surface area contributed by atoms with Crippen LogP contribution in [0, 0.1) is 0 Å². The average molecular weight is 396 g/mol. The van der Waals surface area contributed by atoms with Crippen LogP contribution in [0.4, 0.5) is 0 Å². The molecule has 0 aromatic heterocycles. The second-order valence-corrected chi connectivity index (χ2v) is 7.56. The lowest BCUT2D eigenvalue weighted by Crippen LogP contribution is -2.12. The van der Waals surface area contributed by atoms with Gasteiger partial charge in [0, 0.05) is 12.8 Å². The fourth-order valence-electron chi connectivity index (χ4n) is 4.18. The standard InChI is InChI=1S/C20H12.C6H12N2O2/c1-5-13-6-2-11-17-18-12-4-8-14-7-3-10-16(20(14)18)15(9-1)19(13)17;7-5(9)3-1-2-4-6(8)10/h1-12H;1-4H2,(H2,7,9)(H2,8,10). The highest BCUT2D eigenvalue weighted by Crippen LogP contribution is 2.39. The van der Waals surface area contributed by atoms with Gasteiger partial charge in [-0.1, -0.05) is 72.8 Å². The molecule has 5 rings (SSSR count). The Balaban J connectivity index is 0.000000188. The van der Waals surface area contributed by atoms with Gasteiger partial charge in [-0.3, -0.25) is 9.59 Å². The maximum absolute atomic E-state index is 10.2. The van der Waals surface area contributed by atoms with Crippen LogP contribution < -0.4 is 11.5 Å². The summed E-state index contributed by atoms with van der Waals surface area (Å²) >= 11 is 0. The molecule has 0 atom stereocenters. The fraction of sp³-hybridized carbons (Fsp3) is 0.154. The van der Waals surface area contributed by atoms with Gasteiger partial charge in [-0.05, 0) is 55.9 Å². The first-order chi connectivity index (χ1) is 14.6. The monoisotopic (exact) mass is 396 g/mol. The summed E-state index contributed by atoms with van der Waals surface area (Å²) in [5.41, 5.74) is 9.71. The first kappa shape index (κ1) is 19.6. The summed E-state index contributed by atoms with van der Waals surface area (Å²) in [4.78, 5) is 20.3. The van der Waals surface area contributed by atoms with Gasteiger partial charge in [-0.15, -0.1) is 0 Å². The summed E-state index contributed by atoms with van der Waals surface area (Å²) in [6, 6.07) is 26.4. The maximum atomic E-state index is 10.2. The normalized spacial score (nSPS) is 11.1. The van der Waals surface area contributed by atoms with Crippen molar-refractivity contribution in [2.24, 2.45) is 11.5 Å². The van der Waals surface area contributed by atoms with E-state index in [-0.39, 0.29) is 11.8 Å². The Labute approximate surface area is 174 Å². The summed E-state index contributed by atoms with van der Waals surface area (Å²) < 4.78 is 0. The third-order valence-corrected chi connectivity index (χ3v) is 5.49. The van der Waals surface area contributed by atoms with Crippen LogP contribution in [0.15, 0.2) is 72.8 Å². The van der Waals surface area contributed by atoms with Gasteiger partial charge in [0.25, 0.3) is 0 Å². The first-order valence-electron chi connectivity index (χ1n) is 10.2. The van der Waals surface area contributed by atoms with E-state index >= 15 is 0 Å². The molecule has 4 nitrogen and oxygen atoms in total. The Hall–Kier alpha value is -3.66. The van der Waals surface area contributed by atoms with Gasteiger partial charge in [0.15, 0.2) is 0 Å². The smallest absolute Gasteiger partial charge is 0.217 e. The quantitative estimate of drug-likeness (QED) is 0.241. The van der Waals surface area contributed by atoms with Gasteiger partial charge < -0.3 is 11.5 Å². The predicted octanol–water partition coefficient (Wildman–Crippen LogP) is 5.25. The predicted molar refractivity (Wildman–Crippen MR) is 125 cm³/mol. The van der Waals surface area contributed by atoms with Crippen LogP contribution in [0.2, 0.25) is 0 Å². The molecule has 2 amide bonds. The molecular formula is C26H24N2O2. The Kier molecular flexibility index (Phi) is 5.48. The van der Waals surface area contributed by atoms with Crippen LogP contribution in [0.5, 0.6) is 0 Å². The Morgan fingerprint density at radius 1 is 0.533 bits per heavy atom. The zero-order valence-corrected chi connectivity index (χ0v) is 16.7. The zero-order valence-electron chi connectivity index (χ0n) is 16.7. The number of hydrogen-bond acceptors (Lipinski definition) is 2. The summed E-state index contributed by atoms with van der Waals surface area (Å²) in [6.45, 7) is 0. The number of benzene rings is 5. The number of unbranched alkanes of at least 4 members (excludes halogenated alkanes) is 1. The van der Waals surface area contributed by atoms with Crippen molar-refractivity contribution >= 4 is 54.9 Å². The van der Waals surface area contributed by atoms with Crippen molar-refractivity contribution in [3.05, 3.63) is 72.8 Å². The van der Waals surface area contributed by atoms with Crippen LogP contribution in [0.1, 0.15) is 25.7 Å². The highest BCUT2D eigenvalue weighted by atomic mass is 16.1. The van der Waals surface area contributed by atoms with Gasteiger partial charge in [0.05, 0.1) is 0 Å². The summed E-state index contributed by atoms with van der Waals surface area (Å²) in [7, 11) is 0. The minimum absolute atomic E-state index is 0.329. The number of fused-ring (bicyclic) bond motifs is 2. The van der Waals surface area contributed by atoms with E-state index in [1.165, 1.54) is 43.1 Å². The fourth-order valence-corrected chi connectivity index (χ4v) is 4.18. The van der Waals surface area contributed by atoms with E-state index in [0.717, 1.165) is 0 Å². The highest BCUT2D eigenvalue weighted by molar-refractivity contribution is 6.32. The lowest BCUT2D eigenvalue weighted by molar-refractivity contribution is -0.119. The second kappa shape index (κ2) is 8.37. The lowest BCUT2D eigenvalue weighted by atomic mass is 9.90. The van der Waals surface area contributed by atoms with Crippen LogP contribution in [0.3, 0.4) is 0 Å². The SMILES string of the molecule is NC(=O)CCCCC(N)=O.c1cc2cccc3c4cccc5cccc(c(c1)c23)c54. The van der Waals surface area contributed by atoms with Crippen molar-refractivity contribution in [2.75, 3.05) is 0 Å². The highest BCUT2D eigenvalue weighted by Gasteiger charge is 2.11. The van der Waals surface area contributed by atoms with E-state index < -0.39 is 0 Å². The lowest BCUT2D eigenvalue weighted by Gasteiger charge is -2.13. The molecule has 0 saturated heterocycles. The molecule has 0 spiro atoms. The molecule has 150 valence electrons. The molecule has 0 heterocycles. The average Bonchev–Trinajstić information content (AvgIpc) is 2.75. The van der Waals surface area contributed by atoms with Crippen LogP contribution in [0.25, 0.3) is 43.1 Å². The number of hydrogen-bond donors (Lipinski definition) is 2. The third-order valence-electron chi connectivity index (χ3n) is 5.49. The van der Waals surface area contributed by atoms with Crippen molar-refractivity contribution in [1.82, 2.24) is 0 Å².